The molecule has 8 heteroatoms. The fourth-order valence-corrected chi connectivity index (χ4v) is 2.59. The Morgan fingerprint density at radius 2 is 1.70 bits per heavy atom. The summed E-state index contributed by atoms with van der Waals surface area (Å²) in [6.45, 7) is -0.0254. The second kappa shape index (κ2) is 7.96. The molecule has 0 aliphatic rings. The summed E-state index contributed by atoms with van der Waals surface area (Å²) in [5.41, 5.74) is 0.463. The normalized spacial score (nSPS) is 11.3. The van der Waals surface area contributed by atoms with Gasteiger partial charge in [0.1, 0.15) is 12.2 Å². The van der Waals surface area contributed by atoms with Crippen molar-refractivity contribution in [2.45, 2.75) is 12.8 Å². The van der Waals surface area contributed by atoms with E-state index in [2.05, 4.69) is 25.9 Å². The number of nitrogens with zero attached hydrogens (tertiary/aromatic N) is 3. The summed E-state index contributed by atoms with van der Waals surface area (Å²) >= 11 is 3.34. The lowest BCUT2D eigenvalue weighted by atomic mass is 10.2. The van der Waals surface area contributed by atoms with E-state index >= 15 is 0 Å². The molecular weight excluding hydrogens is 423 g/mol. The summed E-state index contributed by atoms with van der Waals surface area (Å²) in [7, 11) is 1.67. The standard InChI is InChI=1S/C19H15BrF3N3O/c1-26(15-9-7-14(20)8-10-15)18-24-11-16(19(21,22)23)17(25-18)27-12-13-5-3-2-4-6-13/h2-11H,12H2,1H3. The molecule has 0 amide bonds. The van der Waals surface area contributed by atoms with Crippen LogP contribution in [0.15, 0.2) is 65.3 Å². The maximum Gasteiger partial charge on any atom is 0.423 e. The van der Waals surface area contributed by atoms with Gasteiger partial charge in [0, 0.05) is 23.4 Å². The van der Waals surface area contributed by atoms with Crippen molar-refractivity contribution in [2.24, 2.45) is 0 Å². The number of hydrogen-bond acceptors (Lipinski definition) is 4. The first-order chi connectivity index (χ1) is 12.8. The van der Waals surface area contributed by atoms with Crippen LogP contribution in [0, 0.1) is 0 Å². The van der Waals surface area contributed by atoms with Crippen molar-refractivity contribution in [2.75, 3.05) is 11.9 Å². The van der Waals surface area contributed by atoms with Gasteiger partial charge >= 0.3 is 6.18 Å². The van der Waals surface area contributed by atoms with E-state index in [4.69, 9.17) is 4.74 Å². The minimum absolute atomic E-state index is 0.0254. The quantitative estimate of drug-likeness (QED) is 0.520. The zero-order chi connectivity index (χ0) is 19.4. The Morgan fingerprint density at radius 1 is 1.04 bits per heavy atom. The molecule has 0 radical (unpaired) electrons. The van der Waals surface area contributed by atoms with Crippen LogP contribution in [-0.4, -0.2) is 17.0 Å². The van der Waals surface area contributed by atoms with Crippen LogP contribution >= 0.6 is 15.9 Å². The Bertz CT molecular complexity index is 902. The predicted molar refractivity (Wildman–Crippen MR) is 100 cm³/mol. The molecule has 1 heterocycles. The average Bonchev–Trinajstić information content (AvgIpc) is 2.66. The average molecular weight is 438 g/mol. The number of alkyl halides is 3. The summed E-state index contributed by atoms with van der Waals surface area (Å²) in [5.74, 6) is -0.395. The Hall–Kier alpha value is -2.61. The second-order valence-corrected chi connectivity index (χ2v) is 6.61. The molecule has 0 fully saturated rings. The first kappa shape index (κ1) is 19.2. The third kappa shape index (κ3) is 4.77. The molecule has 0 spiro atoms. The van der Waals surface area contributed by atoms with Gasteiger partial charge in [-0.15, -0.1) is 0 Å². The van der Waals surface area contributed by atoms with E-state index in [1.54, 1.807) is 48.3 Å². The van der Waals surface area contributed by atoms with E-state index in [0.29, 0.717) is 0 Å². The molecular formula is C19H15BrF3N3O. The van der Waals surface area contributed by atoms with E-state index in [9.17, 15) is 13.2 Å². The molecule has 140 valence electrons. The first-order valence-electron chi connectivity index (χ1n) is 7.95. The fourth-order valence-electron chi connectivity index (χ4n) is 2.33. The van der Waals surface area contributed by atoms with Gasteiger partial charge in [-0.1, -0.05) is 46.3 Å². The maximum atomic E-state index is 13.3. The molecule has 0 saturated carbocycles. The largest absolute Gasteiger partial charge is 0.472 e. The smallest absolute Gasteiger partial charge is 0.423 e. The van der Waals surface area contributed by atoms with Crippen LogP contribution in [0.2, 0.25) is 0 Å². The molecule has 3 rings (SSSR count). The summed E-state index contributed by atoms with van der Waals surface area (Å²) in [6.07, 6.45) is -3.86. The maximum absolute atomic E-state index is 13.3. The molecule has 0 atom stereocenters. The van der Waals surface area contributed by atoms with E-state index in [1.165, 1.54) is 0 Å². The van der Waals surface area contributed by atoms with Gasteiger partial charge in [0.05, 0.1) is 0 Å². The van der Waals surface area contributed by atoms with Crippen molar-refractivity contribution in [3.8, 4) is 5.88 Å². The van der Waals surface area contributed by atoms with Gasteiger partial charge in [-0.2, -0.15) is 18.2 Å². The number of anilines is 2. The number of hydrogen-bond donors (Lipinski definition) is 0. The molecule has 2 aromatic carbocycles. The van der Waals surface area contributed by atoms with Gasteiger partial charge in [0.25, 0.3) is 0 Å². The van der Waals surface area contributed by atoms with Crippen molar-refractivity contribution in [1.29, 1.82) is 0 Å². The van der Waals surface area contributed by atoms with E-state index in [1.807, 2.05) is 18.2 Å². The van der Waals surface area contributed by atoms with Crippen molar-refractivity contribution in [3.63, 3.8) is 0 Å². The van der Waals surface area contributed by atoms with Gasteiger partial charge in [-0.05, 0) is 29.8 Å². The molecule has 27 heavy (non-hydrogen) atoms. The zero-order valence-corrected chi connectivity index (χ0v) is 15.8. The highest BCUT2D eigenvalue weighted by Gasteiger charge is 2.36. The van der Waals surface area contributed by atoms with Gasteiger partial charge in [0.2, 0.25) is 11.8 Å². The number of halogens is 4. The van der Waals surface area contributed by atoms with Crippen molar-refractivity contribution < 1.29 is 17.9 Å². The summed E-state index contributed by atoms with van der Waals surface area (Å²) in [6, 6.07) is 16.2. The summed E-state index contributed by atoms with van der Waals surface area (Å²) < 4.78 is 46.2. The summed E-state index contributed by atoms with van der Waals surface area (Å²) in [5, 5.41) is 0. The Balaban J connectivity index is 1.91. The van der Waals surface area contributed by atoms with E-state index in [0.717, 1.165) is 21.9 Å². The minimum atomic E-state index is -4.61. The third-order valence-corrected chi connectivity index (χ3v) is 4.31. The van der Waals surface area contributed by atoms with Crippen molar-refractivity contribution in [3.05, 3.63) is 76.4 Å². The van der Waals surface area contributed by atoms with Crippen LogP contribution < -0.4 is 9.64 Å². The lowest BCUT2D eigenvalue weighted by Crippen LogP contribution is -2.17. The van der Waals surface area contributed by atoms with Crippen LogP contribution in [0.25, 0.3) is 0 Å². The fraction of sp³-hybridized carbons (Fsp3) is 0.158. The molecule has 0 aliphatic heterocycles. The van der Waals surface area contributed by atoms with E-state index < -0.39 is 17.6 Å². The summed E-state index contributed by atoms with van der Waals surface area (Å²) in [4.78, 5) is 9.46. The molecule has 0 saturated heterocycles. The van der Waals surface area contributed by atoms with Crippen LogP contribution in [0.1, 0.15) is 11.1 Å². The second-order valence-electron chi connectivity index (χ2n) is 5.70. The van der Waals surface area contributed by atoms with Crippen molar-refractivity contribution in [1.82, 2.24) is 9.97 Å². The van der Waals surface area contributed by atoms with Crippen LogP contribution in [0.5, 0.6) is 5.88 Å². The van der Waals surface area contributed by atoms with Crippen LogP contribution in [0.4, 0.5) is 24.8 Å². The molecule has 1 aromatic heterocycles. The lowest BCUT2D eigenvalue weighted by molar-refractivity contribution is -0.139. The van der Waals surface area contributed by atoms with E-state index in [-0.39, 0.29) is 12.6 Å². The molecule has 0 unspecified atom stereocenters. The highest BCUT2D eigenvalue weighted by Crippen LogP contribution is 2.36. The third-order valence-electron chi connectivity index (χ3n) is 3.78. The predicted octanol–water partition coefficient (Wildman–Crippen LogP) is 5.60. The minimum Gasteiger partial charge on any atom is -0.472 e. The highest BCUT2D eigenvalue weighted by molar-refractivity contribution is 9.10. The van der Waals surface area contributed by atoms with Gasteiger partial charge < -0.3 is 9.64 Å². The molecule has 0 bridgehead atoms. The number of ether oxygens (including phenoxy) is 1. The van der Waals surface area contributed by atoms with Gasteiger partial charge in [0.15, 0.2) is 0 Å². The van der Waals surface area contributed by atoms with Gasteiger partial charge in [-0.25, -0.2) is 4.98 Å². The SMILES string of the molecule is CN(c1ccc(Br)cc1)c1ncc(C(F)(F)F)c(OCc2ccccc2)n1. The molecule has 0 N–H and O–H groups in total. The Morgan fingerprint density at radius 3 is 2.33 bits per heavy atom. The van der Waals surface area contributed by atoms with Crippen molar-refractivity contribution >= 4 is 27.6 Å². The zero-order valence-electron chi connectivity index (χ0n) is 14.2. The van der Waals surface area contributed by atoms with Gasteiger partial charge in [-0.3, -0.25) is 0 Å². The van der Waals surface area contributed by atoms with Crippen LogP contribution in [0.3, 0.4) is 0 Å². The topological polar surface area (TPSA) is 38.2 Å². The monoisotopic (exact) mass is 437 g/mol. The first-order valence-corrected chi connectivity index (χ1v) is 8.74. The lowest BCUT2D eigenvalue weighted by Gasteiger charge is -2.19. The molecule has 3 aromatic rings. The molecule has 0 aliphatic carbocycles. The Kier molecular flexibility index (Phi) is 5.65. The number of rotatable bonds is 5. The highest BCUT2D eigenvalue weighted by atomic mass is 79.9. The Labute approximate surface area is 162 Å². The van der Waals surface area contributed by atoms with Crippen LogP contribution in [-0.2, 0) is 12.8 Å². The molecule has 4 nitrogen and oxygen atoms in total. The number of benzene rings is 2. The number of aromatic nitrogens is 2.